The zero-order chi connectivity index (χ0) is 13.3. The molecule has 1 N–H and O–H groups in total. The molecule has 0 aromatic carbocycles. The monoisotopic (exact) mass is 284 g/mol. The van der Waals surface area contributed by atoms with Crippen molar-refractivity contribution in [2.75, 3.05) is 0 Å². The molecule has 0 fully saturated rings. The quantitative estimate of drug-likeness (QED) is 0.936. The Morgan fingerprint density at radius 2 is 2.22 bits per heavy atom. The van der Waals surface area contributed by atoms with Gasteiger partial charge in [-0.1, -0.05) is 18.5 Å². The third-order valence-electron chi connectivity index (χ3n) is 3.14. The predicted octanol–water partition coefficient (Wildman–Crippen LogP) is 3.28. The Morgan fingerprint density at radius 3 is 2.72 bits per heavy atom. The number of aliphatic hydroxyl groups excluding tert-OH is 1. The first kappa shape index (κ1) is 13.6. The molecule has 2 heterocycles. The van der Waals surface area contributed by atoms with Gasteiger partial charge in [0.2, 0.25) is 0 Å². The molecule has 0 saturated heterocycles. The molecule has 2 rings (SSSR count). The standard InChI is InChI=1S/C13H17ClN2OS/c1-4-10-13(14)11(16(3)15-10)5-12(17)9-7-18-6-8(9)2/h6-7,12,17H,4-5H2,1-3H3. The highest BCUT2D eigenvalue weighted by atomic mass is 35.5. The van der Waals surface area contributed by atoms with Crippen LogP contribution in [0.4, 0.5) is 0 Å². The first-order valence-electron chi connectivity index (χ1n) is 5.95. The van der Waals surface area contributed by atoms with Gasteiger partial charge in [-0.25, -0.2) is 0 Å². The molecule has 3 nitrogen and oxygen atoms in total. The van der Waals surface area contributed by atoms with Crippen molar-refractivity contribution >= 4 is 22.9 Å². The van der Waals surface area contributed by atoms with Crippen molar-refractivity contribution in [3.63, 3.8) is 0 Å². The van der Waals surface area contributed by atoms with E-state index < -0.39 is 6.10 Å². The van der Waals surface area contributed by atoms with Crippen LogP contribution in [0.1, 0.15) is 35.5 Å². The molecule has 0 aliphatic carbocycles. The van der Waals surface area contributed by atoms with E-state index in [0.717, 1.165) is 28.9 Å². The summed E-state index contributed by atoms with van der Waals surface area (Å²) in [4.78, 5) is 0. The molecule has 2 aromatic rings. The van der Waals surface area contributed by atoms with Crippen molar-refractivity contribution in [3.05, 3.63) is 38.3 Å². The number of thiophene rings is 1. The number of nitrogens with zero attached hydrogens (tertiary/aromatic N) is 2. The van der Waals surface area contributed by atoms with E-state index in [1.54, 1.807) is 16.0 Å². The number of halogens is 1. The second-order valence-corrected chi connectivity index (χ2v) is 5.54. The Bertz CT molecular complexity index is 547. The number of aromatic nitrogens is 2. The van der Waals surface area contributed by atoms with Crippen LogP contribution in [-0.2, 0) is 19.9 Å². The Kier molecular flexibility index (Phi) is 4.10. The zero-order valence-electron chi connectivity index (χ0n) is 10.8. The van der Waals surface area contributed by atoms with Crippen molar-refractivity contribution in [2.24, 2.45) is 7.05 Å². The lowest BCUT2D eigenvalue weighted by Gasteiger charge is -2.11. The fourth-order valence-electron chi connectivity index (χ4n) is 2.05. The van der Waals surface area contributed by atoms with Gasteiger partial charge in [0.25, 0.3) is 0 Å². The molecule has 5 heteroatoms. The van der Waals surface area contributed by atoms with Crippen LogP contribution in [0.2, 0.25) is 5.02 Å². The molecule has 0 aliphatic heterocycles. The van der Waals surface area contributed by atoms with Crippen molar-refractivity contribution in [3.8, 4) is 0 Å². The van der Waals surface area contributed by atoms with Crippen molar-refractivity contribution in [1.82, 2.24) is 9.78 Å². The van der Waals surface area contributed by atoms with Crippen LogP contribution >= 0.6 is 22.9 Å². The summed E-state index contributed by atoms with van der Waals surface area (Å²) in [5.41, 5.74) is 3.90. The first-order chi connectivity index (χ1) is 8.54. The van der Waals surface area contributed by atoms with Crippen molar-refractivity contribution in [2.45, 2.75) is 32.8 Å². The summed E-state index contributed by atoms with van der Waals surface area (Å²) in [6, 6.07) is 0. The van der Waals surface area contributed by atoms with Gasteiger partial charge >= 0.3 is 0 Å². The van der Waals surface area contributed by atoms with Crippen LogP contribution in [0.3, 0.4) is 0 Å². The number of aryl methyl sites for hydroxylation is 3. The summed E-state index contributed by atoms with van der Waals surface area (Å²) in [5, 5.41) is 19.4. The predicted molar refractivity (Wildman–Crippen MR) is 75.3 cm³/mol. The Labute approximate surface area is 116 Å². The van der Waals surface area contributed by atoms with Crippen molar-refractivity contribution in [1.29, 1.82) is 0 Å². The van der Waals surface area contributed by atoms with E-state index in [4.69, 9.17) is 11.6 Å². The van der Waals surface area contributed by atoms with E-state index in [2.05, 4.69) is 5.10 Å². The lowest BCUT2D eigenvalue weighted by atomic mass is 10.0. The highest BCUT2D eigenvalue weighted by molar-refractivity contribution is 7.08. The minimum atomic E-state index is -0.520. The van der Waals surface area contributed by atoms with Gasteiger partial charge in [0.15, 0.2) is 0 Å². The van der Waals surface area contributed by atoms with Crippen LogP contribution in [0.15, 0.2) is 10.8 Å². The summed E-state index contributed by atoms with van der Waals surface area (Å²) in [6.45, 7) is 4.04. The topological polar surface area (TPSA) is 38.0 Å². The average Bonchev–Trinajstić information content (AvgIpc) is 2.87. The maximum atomic E-state index is 10.3. The molecule has 0 aliphatic rings. The third kappa shape index (κ3) is 2.46. The van der Waals surface area contributed by atoms with Crippen LogP contribution in [0.5, 0.6) is 0 Å². The van der Waals surface area contributed by atoms with E-state index in [1.807, 2.05) is 31.7 Å². The summed E-state index contributed by atoms with van der Waals surface area (Å²) >= 11 is 7.89. The third-order valence-corrected chi connectivity index (χ3v) is 4.46. The van der Waals surface area contributed by atoms with Crippen LogP contribution in [-0.4, -0.2) is 14.9 Å². The Balaban J connectivity index is 2.24. The number of aliphatic hydroxyl groups is 1. The zero-order valence-corrected chi connectivity index (χ0v) is 12.3. The van der Waals surface area contributed by atoms with Crippen LogP contribution < -0.4 is 0 Å². The van der Waals surface area contributed by atoms with E-state index in [1.165, 1.54) is 0 Å². The molecule has 0 bridgehead atoms. The summed E-state index contributed by atoms with van der Waals surface area (Å²) < 4.78 is 1.77. The Hall–Kier alpha value is -0.840. The second-order valence-electron chi connectivity index (χ2n) is 4.41. The molecule has 0 spiro atoms. The van der Waals surface area contributed by atoms with Gasteiger partial charge in [-0.05, 0) is 35.2 Å². The smallest absolute Gasteiger partial charge is 0.0856 e. The largest absolute Gasteiger partial charge is 0.388 e. The molecule has 0 radical (unpaired) electrons. The van der Waals surface area contributed by atoms with E-state index in [9.17, 15) is 5.11 Å². The highest BCUT2D eigenvalue weighted by Gasteiger charge is 2.19. The number of hydrogen-bond donors (Lipinski definition) is 1. The minimum absolute atomic E-state index is 0.500. The Morgan fingerprint density at radius 1 is 1.50 bits per heavy atom. The molecule has 1 unspecified atom stereocenters. The second kappa shape index (κ2) is 5.43. The lowest BCUT2D eigenvalue weighted by Crippen LogP contribution is -2.07. The number of hydrogen-bond acceptors (Lipinski definition) is 3. The molecule has 2 aromatic heterocycles. The van der Waals surface area contributed by atoms with Gasteiger partial charge in [0.05, 0.1) is 22.5 Å². The molecule has 0 amide bonds. The van der Waals surface area contributed by atoms with Gasteiger partial charge in [-0.3, -0.25) is 4.68 Å². The molecular formula is C13H17ClN2OS. The lowest BCUT2D eigenvalue weighted by molar-refractivity contribution is 0.175. The molecule has 18 heavy (non-hydrogen) atoms. The van der Waals surface area contributed by atoms with Crippen molar-refractivity contribution < 1.29 is 5.11 Å². The van der Waals surface area contributed by atoms with E-state index in [-0.39, 0.29) is 0 Å². The summed E-state index contributed by atoms with van der Waals surface area (Å²) in [5.74, 6) is 0. The van der Waals surface area contributed by atoms with Gasteiger partial charge in [0.1, 0.15) is 0 Å². The molecule has 98 valence electrons. The molecular weight excluding hydrogens is 268 g/mol. The molecule has 0 saturated carbocycles. The highest BCUT2D eigenvalue weighted by Crippen LogP contribution is 2.28. The van der Waals surface area contributed by atoms with Crippen LogP contribution in [0, 0.1) is 6.92 Å². The summed E-state index contributed by atoms with van der Waals surface area (Å²) in [6.07, 6.45) is 0.786. The minimum Gasteiger partial charge on any atom is -0.388 e. The number of rotatable bonds is 4. The fraction of sp³-hybridized carbons (Fsp3) is 0.462. The van der Waals surface area contributed by atoms with E-state index >= 15 is 0 Å². The van der Waals surface area contributed by atoms with E-state index in [0.29, 0.717) is 11.4 Å². The fourth-order valence-corrected chi connectivity index (χ4v) is 3.32. The van der Waals surface area contributed by atoms with Crippen LogP contribution in [0.25, 0.3) is 0 Å². The first-order valence-corrected chi connectivity index (χ1v) is 7.27. The van der Waals surface area contributed by atoms with Gasteiger partial charge in [-0.15, -0.1) is 0 Å². The maximum Gasteiger partial charge on any atom is 0.0856 e. The van der Waals surface area contributed by atoms with Gasteiger partial charge in [-0.2, -0.15) is 16.4 Å². The SMILES string of the molecule is CCc1nn(C)c(CC(O)c2cscc2C)c1Cl. The van der Waals surface area contributed by atoms with Gasteiger partial charge in [0, 0.05) is 13.5 Å². The molecule has 1 atom stereocenters. The van der Waals surface area contributed by atoms with Gasteiger partial charge < -0.3 is 5.11 Å². The average molecular weight is 285 g/mol. The normalized spacial score (nSPS) is 12.9. The maximum absolute atomic E-state index is 10.3. The summed E-state index contributed by atoms with van der Waals surface area (Å²) in [7, 11) is 1.87.